The number of carbonyl (C=O) groups is 2. The van der Waals surface area contributed by atoms with Crippen LogP contribution in [0, 0.1) is 17.7 Å². The second-order valence-electron chi connectivity index (χ2n) is 13.2. The third-order valence-electron chi connectivity index (χ3n) is 9.01. The second kappa shape index (κ2) is 9.94. The number of hydrogen-bond acceptors (Lipinski definition) is 7. The van der Waals surface area contributed by atoms with Gasteiger partial charge in [0.2, 0.25) is 0 Å². The summed E-state index contributed by atoms with van der Waals surface area (Å²) in [6, 6.07) is 6.58. The van der Waals surface area contributed by atoms with Crippen molar-refractivity contribution in [2.75, 3.05) is 12.0 Å². The van der Waals surface area contributed by atoms with E-state index in [9.17, 15) is 9.59 Å². The van der Waals surface area contributed by atoms with Crippen molar-refractivity contribution in [1.82, 2.24) is 29.3 Å². The molecule has 4 heterocycles. The second-order valence-corrected chi connectivity index (χ2v) is 13.2. The highest BCUT2D eigenvalue weighted by molar-refractivity contribution is 5.99. The van der Waals surface area contributed by atoms with E-state index in [2.05, 4.69) is 20.3 Å². The number of likely N-dealkylation sites (tertiary alicyclic amines) is 1. The number of nitrogen functional groups attached to an aromatic ring is 1. The van der Waals surface area contributed by atoms with Crippen LogP contribution in [-0.2, 0) is 18.3 Å². The highest BCUT2D eigenvalue weighted by atomic mass is 19.1. The van der Waals surface area contributed by atoms with Crippen LogP contribution in [0.4, 0.5) is 15.0 Å². The first kappa shape index (κ1) is 27.6. The van der Waals surface area contributed by atoms with Crippen molar-refractivity contribution in [3.63, 3.8) is 0 Å². The van der Waals surface area contributed by atoms with Crippen LogP contribution in [0.3, 0.4) is 0 Å². The molecule has 1 aliphatic heterocycles. The summed E-state index contributed by atoms with van der Waals surface area (Å²) in [5.41, 5.74) is 4.80. The van der Waals surface area contributed by atoms with Gasteiger partial charge in [-0.15, -0.1) is 0 Å². The minimum atomic E-state index is -0.613. The Bertz CT molecular complexity index is 1770. The molecule has 43 heavy (non-hydrogen) atoms. The molecule has 12 heteroatoms. The number of pyridine rings is 1. The Morgan fingerprint density at radius 1 is 1.14 bits per heavy atom. The molecule has 0 spiro atoms. The number of nitrogens with zero attached hydrogens (tertiary/aromatic N) is 5. The van der Waals surface area contributed by atoms with Crippen molar-refractivity contribution < 1.29 is 18.7 Å². The van der Waals surface area contributed by atoms with Gasteiger partial charge in [-0.25, -0.2) is 25.0 Å². The van der Waals surface area contributed by atoms with E-state index in [0.29, 0.717) is 35.1 Å². The summed E-state index contributed by atoms with van der Waals surface area (Å²) in [6.45, 7) is 6.74. The van der Waals surface area contributed by atoms with Gasteiger partial charge in [-0.2, -0.15) is 0 Å². The highest BCUT2D eigenvalue weighted by Gasteiger charge is 2.50. The molecule has 4 aromatic rings. The van der Waals surface area contributed by atoms with Gasteiger partial charge in [-0.1, -0.05) is 0 Å². The van der Waals surface area contributed by atoms with E-state index in [0.717, 1.165) is 48.8 Å². The molecule has 7 rings (SSSR count). The molecule has 3 fully saturated rings. The quantitative estimate of drug-likeness (QED) is 0.222. The number of amides is 2. The molecule has 2 aliphatic carbocycles. The number of anilines is 1. The number of nitrogens with two attached hydrogens (primary N) is 1. The molecule has 3 atom stereocenters. The van der Waals surface area contributed by atoms with Gasteiger partial charge < -0.3 is 29.5 Å². The van der Waals surface area contributed by atoms with Gasteiger partial charge in [0, 0.05) is 37.3 Å². The summed E-state index contributed by atoms with van der Waals surface area (Å²) in [5.74, 6) is 6.89. The molecule has 0 radical (unpaired) electrons. The van der Waals surface area contributed by atoms with E-state index in [1.807, 2.05) is 32.9 Å². The molecular weight excluding hydrogens is 551 g/mol. The number of hydrazine groups is 1. The first-order chi connectivity index (χ1) is 20.5. The van der Waals surface area contributed by atoms with E-state index in [-0.39, 0.29) is 29.5 Å². The summed E-state index contributed by atoms with van der Waals surface area (Å²) in [4.78, 5) is 37.3. The maximum atomic E-state index is 15.8. The van der Waals surface area contributed by atoms with Crippen LogP contribution in [0.1, 0.15) is 56.8 Å². The third-order valence-corrected chi connectivity index (χ3v) is 9.01. The standard InChI is InChI=1S/C31H37FN8O3/c1-31(2,3)43-30(42)36-24-18-7-8-22(24)40(15-18)29(41)19-11-20(32)26-21(12-19)35-28(38(26)4)23-13-17-9-10-34-27(37-33)25(17)39(23)14-16-5-6-16/h9-13,16,18,22,24H,5-8,14-15,33H2,1-4H3,(H,34,37)(H,36,42)/t18-,22-,24-/m1/s1. The Hall–Kier alpha value is -4.19. The fourth-order valence-electron chi connectivity index (χ4n) is 6.96. The van der Waals surface area contributed by atoms with Crippen molar-refractivity contribution in [2.24, 2.45) is 24.7 Å². The predicted molar refractivity (Wildman–Crippen MR) is 161 cm³/mol. The van der Waals surface area contributed by atoms with Crippen LogP contribution in [0.15, 0.2) is 30.5 Å². The number of hydrogen-bond donors (Lipinski definition) is 3. The van der Waals surface area contributed by atoms with E-state index in [4.69, 9.17) is 15.6 Å². The zero-order chi connectivity index (χ0) is 30.2. The minimum Gasteiger partial charge on any atom is -0.444 e. The van der Waals surface area contributed by atoms with Gasteiger partial charge in [-0.05, 0) is 82.6 Å². The predicted octanol–water partition coefficient (Wildman–Crippen LogP) is 4.55. The van der Waals surface area contributed by atoms with Gasteiger partial charge in [-0.3, -0.25) is 4.79 Å². The van der Waals surface area contributed by atoms with Gasteiger partial charge >= 0.3 is 6.09 Å². The molecule has 2 bridgehead atoms. The fourth-order valence-corrected chi connectivity index (χ4v) is 6.96. The van der Waals surface area contributed by atoms with Gasteiger partial charge in [0.15, 0.2) is 11.6 Å². The molecule has 3 aromatic heterocycles. The molecular formula is C31H37FN8O3. The number of benzene rings is 1. The lowest BCUT2D eigenvalue weighted by Crippen LogP contribution is -2.46. The van der Waals surface area contributed by atoms with Crippen LogP contribution in [0.2, 0.25) is 0 Å². The van der Waals surface area contributed by atoms with Crippen molar-refractivity contribution in [1.29, 1.82) is 0 Å². The SMILES string of the molecule is Cn1c(-c2cc3ccnc(NN)c3n2CC2CC2)nc2cc(C(=O)N3C[C@H]4CC[C@@H]3[C@@H]4NC(=O)OC(C)(C)C)cc(F)c21. The molecule has 2 amide bonds. The van der Waals surface area contributed by atoms with Crippen molar-refractivity contribution in [3.8, 4) is 11.5 Å². The molecule has 3 aliphatic rings. The third kappa shape index (κ3) is 4.77. The van der Waals surface area contributed by atoms with E-state index in [1.54, 1.807) is 28.8 Å². The maximum Gasteiger partial charge on any atom is 0.407 e. The van der Waals surface area contributed by atoms with E-state index in [1.165, 1.54) is 6.07 Å². The minimum absolute atomic E-state index is 0.132. The summed E-state index contributed by atoms with van der Waals surface area (Å²) in [7, 11) is 1.79. The first-order valence-electron chi connectivity index (χ1n) is 14.9. The van der Waals surface area contributed by atoms with Crippen LogP contribution in [-0.4, -0.2) is 60.2 Å². The number of fused-ring (bicyclic) bond motifs is 4. The van der Waals surface area contributed by atoms with Crippen LogP contribution in [0.25, 0.3) is 33.5 Å². The molecule has 4 N–H and O–H groups in total. The van der Waals surface area contributed by atoms with Crippen LogP contribution in [0.5, 0.6) is 0 Å². The number of piperidine rings is 1. The lowest BCUT2D eigenvalue weighted by Gasteiger charge is -2.28. The number of ether oxygens (including phenoxy) is 1. The van der Waals surface area contributed by atoms with Crippen LogP contribution < -0.4 is 16.6 Å². The Kier molecular flexibility index (Phi) is 6.38. The summed E-state index contributed by atoms with van der Waals surface area (Å²) >= 11 is 0. The summed E-state index contributed by atoms with van der Waals surface area (Å²) in [5, 5.41) is 3.94. The number of aromatic nitrogens is 4. The number of alkyl carbamates (subject to hydrolysis) is 1. The average Bonchev–Trinajstić information content (AvgIpc) is 3.27. The Morgan fingerprint density at radius 2 is 1.93 bits per heavy atom. The molecule has 2 saturated carbocycles. The number of halogens is 1. The molecule has 1 aromatic carbocycles. The van der Waals surface area contributed by atoms with Crippen LogP contribution >= 0.6 is 0 Å². The number of rotatable bonds is 6. The zero-order valence-corrected chi connectivity index (χ0v) is 24.9. The zero-order valence-electron chi connectivity index (χ0n) is 24.9. The Labute approximate surface area is 248 Å². The van der Waals surface area contributed by atoms with Gasteiger partial charge in [0.05, 0.1) is 28.8 Å². The van der Waals surface area contributed by atoms with E-state index >= 15 is 4.39 Å². The maximum absolute atomic E-state index is 15.8. The molecule has 0 unspecified atom stereocenters. The highest BCUT2D eigenvalue weighted by Crippen LogP contribution is 2.40. The number of carbonyl (C=O) groups excluding carboxylic acids is 2. The summed E-state index contributed by atoms with van der Waals surface area (Å²) in [6.07, 6.45) is 5.21. The van der Waals surface area contributed by atoms with Gasteiger partial charge in [0.25, 0.3) is 5.91 Å². The Balaban J connectivity index is 1.22. The van der Waals surface area contributed by atoms with Crippen molar-refractivity contribution in [3.05, 3.63) is 41.8 Å². The number of nitrogens with one attached hydrogen (secondary N) is 2. The van der Waals surface area contributed by atoms with Crippen molar-refractivity contribution >= 4 is 39.8 Å². The molecule has 1 saturated heterocycles. The normalized spacial score (nSPS) is 21.6. The molecule has 11 nitrogen and oxygen atoms in total. The fraction of sp³-hybridized carbons (Fsp3) is 0.484. The molecule has 226 valence electrons. The number of aryl methyl sites for hydroxylation is 1. The van der Waals surface area contributed by atoms with E-state index < -0.39 is 17.5 Å². The van der Waals surface area contributed by atoms with Gasteiger partial charge in [0.1, 0.15) is 16.9 Å². The smallest absolute Gasteiger partial charge is 0.407 e. The summed E-state index contributed by atoms with van der Waals surface area (Å²) < 4.78 is 25.1. The van der Waals surface area contributed by atoms with Crippen molar-refractivity contribution in [2.45, 2.75) is 70.7 Å². The lowest BCUT2D eigenvalue weighted by molar-refractivity contribution is 0.0485. The monoisotopic (exact) mass is 588 g/mol. The number of imidazole rings is 1. The average molecular weight is 589 g/mol. The topological polar surface area (TPSA) is 132 Å². The Morgan fingerprint density at radius 3 is 2.65 bits per heavy atom. The largest absolute Gasteiger partial charge is 0.444 e. The lowest BCUT2D eigenvalue weighted by atomic mass is 10.1. The first-order valence-corrected chi connectivity index (χ1v) is 14.9.